The zero-order valence-electron chi connectivity index (χ0n) is 38.1. The summed E-state index contributed by atoms with van der Waals surface area (Å²) in [5.74, 6) is 0. The van der Waals surface area contributed by atoms with Crippen LogP contribution in [0.4, 0.5) is 17.1 Å². The molecule has 324 valence electrons. The number of benzene rings is 12. The van der Waals surface area contributed by atoms with E-state index in [1.807, 2.05) is 0 Å². The summed E-state index contributed by atoms with van der Waals surface area (Å²) in [7, 11) is 0. The van der Waals surface area contributed by atoms with Gasteiger partial charge in [0.2, 0.25) is 0 Å². The molecule has 1 nitrogen and oxygen atoms in total. The maximum atomic E-state index is 2.41. The zero-order valence-corrected chi connectivity index (χ0v) is 38.1. The van der Waals surface area contributed by atoms with Crippen LogP contribution in [-0.2, 0) is 0 Å². The van der Waals surface area contributed by atoms with Gasteiger partial charge in [-0.2, -0.15) is 0 Å². The predicted molar refractivity (Wildman–Crippen MR) is 294 cm³/mol. The predicted octanol–water partition coefficient (Wildman–Crippen LogP) is 19.1. The van der Waals surface area contributed by atoms with E-state index < -0.39 is 0 Å². The topological polar surface area (TPSA) is 3.24 Å². The molecule has 0 amide bonds. The Hall–Kier alpha value is -9.04. The van der Waals surface area contributed by atoms with Crippen LogP contribution in [0.15, 0.2) is 285 Å². The minimum absolute atomic E-state index is 1.07. The highest BCUT2D eigenvalue weighted by molar-refractivity contribution is 6.22. The van der Waals surface area contributed by atoms with E-state index in [2.05, 4.69) is 290 Å². The molecule has 69 heavy (non-hydrogen) atoms. The molecule has 0 unspecified atom stereocenters. The van der Waals surface area contributed by atoms with Crippen LogP contribution in [0, 0.1) is 0 Å². The van der Waals surface area contributed by atoms with Gasteiger partial charge in [-0.15, -0.1) is 0 Å². The number of rotatable bonds is 10. The van der Waals surface area contributed by atoms with Gasteiger partial charge in [-0.05, 0) is 136 Å². The van der Waals surface area contributed by atoms with E-state index in [4.69, 9.17) is 0 Å². The normalized spacial score (nSPS) is 11.2. The van der Waals surface area contributed by atoms with Gasteiger partial charge in [0.1, 0.15) is 0 Å². The van der Waals surface area contributed by atoms with Crippen molar-refractivity contribution >= 4 is 38.6 Å². The summed E-state index contributed by atoms with van der Waals surface area (Å²) in [6, 6.07) is 104. The lowest BCUT2D eigenvalue weighted by Gasteiger charge is -2.27. The number of nitrogens with zero attached hydrogens (tertiary/aromatic N) is 1. The highest BCUT2D eigenvalue weighted by Gasteiger charge is 2.21. The maximum Gasteiger partial charge on any atom is 0.0468 e. The monoisotopic (exact) mass is 877 g/mol. The minimum Gasteiger partial charge on any atom is -0.310 e. The van der Waals surface area contributed by atoms with Crippen molar-refractivity contribution in [1.82, 2.24) is 0 Å². The number of hydrogen-bond acceptors (Lipinski definition) is 1. The Bertz CT molecular complexity index is 3700. The molecule has 0 bridgehead atoms. The fourth-order valence-corrected chi connectivity index (χ4v) is 10.2. The summed E-state index contributed by atoms with van der Waals surface area (Å²) in [5, 5.41) is 4.92. The molecule has 0 aliphatic carbocycles. The Kier molecular flexibility index (Phi) is 11.0. The molecule has 0 atom stereocenters. The third-order valence-electron chi connectivity index (χ3n) is 13.5. The van der Waals surface area contributed by atoms with E-state index in [9.17, 15) is 0 Å². The van der Waals surface area contributed by atoms with Crippen LogP contribution in [0.2, 0.25) is 0 Å². The molecule has 0 spiro atoms. The first kappa shape index (κ1) is 41.4. The van der Waals surface area contributed by atoms with Crippen LogP contribution >= 0.6 is 0 Å². The van der Waals surface area contributed by atoms with Gasteiger partial charge in [-0.1, -0.05) is 249 Å². The smallest absolute Gasteiger partial charge is 0.0468 e. The molecule has 0 saturated heterocycles. The molecule has 0 heterocycles. The molecule has 12 rings (SSSR count). The van der Waals surface area contributed by atoms with Crippen molar-refractivity contribution in [3.8, 4) is 77.9 Å². The van der Waals surface area contributed by atoms with Crippen molar-refractivity contribution in [2.45, 2.75) is 0 Å². The summed E-state index contributed by atoms with van der Waals surface area (Å²) in [5.41, 5.74) is 20.1. The van der Waals surface area contributed by atoms with Crippen molar-refractivity contribution in [1.29, 1.82) is 0 Å². The summed E-state index contributed by atoms with van der Waals surface area (Å²) in [6.07, 6.45) is 0. The SMILES string of the molecule is c1ccc(-c2ccc(-c3ccc(N(c4ccc(-c5cccc(-c6ccccc6)c5-c5ccccc5)cc4)c4ccc5c(c4)c(-c4ccccc4)c(-c4ccccc4)c4ccccc45)cc3)cc2)cc1. The van der Waals surface area contributed by atoms with Crippen molar-refractivity contribution in [3.05, 3.63) is 285 Å². The van der Waals surface area contributed by atoms with Gasteiger partial charge in [0, 0.05) is 17.1 Å². The van der Waals surface area contributed by atoms with Crippen LogP contribution in [0.3, 0.4) is 0 Å². The Labute approximate surface area is 404 Å². The van der Waals surface area contributed by atoms with Crippen molar-refractivity contribution in [2.75, 3.05) is 4.90 Å². The van der Waals surface area contributed by atoms with Gasteiger partial charge in [0.25, 0.3) is 0 Å². The number of hydrogen-bond donors (Lipinski definition) is 0. The van der Waals surface area contributed by atoms with E-state index in [0.717, 1.165) is 22.6 Å². The molecule has 12 aromatic rings. The second kappa shape index (κ2) is 18.3. The van der Waals surface area contributed by atoms with Crippen molar-refractivity contribution in [3.63, 3.8) is 0 Å². The minimum atomic E-state index is 1.07. The third kappa shape index (κ3) is 7.97. The molecule has 0 radical (unpaired) electrons. The standard InChI is InChI=1S/C68H47N/c1-6-19-48(20-7-1)49-33-35-50(36-34-49)51-37-41-57(42-38-51)69(58-43-39-53(40-44-58)61-32-18-31-60(52-21-8-2-9-22-52)66(61)54-23-10-3-11-24-54)59-45-46-63-62-29-16-17-30-64(62)67(55-25-12-4-13-26-55)68(65(63)47-59)56-27-14-5-15-28-56/h1-47H. The molecule has 0 saturated carbocycles. The van der Waals surface area contributed by atoms with Crippen LogP contribution in [0.1, 0.15) is 0 Å². The Morgan fingerprint density at radius 3 is 0.986 bits per heavy atom. The lowest BCUT2D eigenvalue weighted by molar-refractivity contribution is 1.29. The third-order valence-corrected chi connectivity index (χ3v) is 13.5. The Morgan fingerprint density at radius 2 is 0.493 bits per heavy atom. The van der Waals surface area contributed by atoms with Crippen LogP contribution in [0.5, 0.6) is 0 Å². The number of anilines is 3. The molecule has 1 heteroatoms. The molecule has 0 aromatic heterocycles. The number of fused-ring (bicyclic) bond motifs is 3. The molecular formula is C68H47N. The second-order valence-electron chi connectivity index (χ2n) is 17.6. The first-order chi connectivity index (χ1) is 34.2. The average molecular weight is 878 g/mol. The maximum absolute atomic E-state index is 2.41. The average Bonchev–Trinajstić information content (AvgIpc) is 3.44. The van der Waals surface area contributed by atoms with Crippen LogP contribution in [0.25, 0.3) is 99.4 Å². The van der Waals surface area contributed by atoms with Gasteiger partial charge < -0.3 is 4.90 Å². The van der Waals surface area contributed by atoms with Crippen LogP contribution < -0.4 is 4.90 Å². The largest absolute Gasteiger partial charge is 0.310 e. The fourth-order valence-electron chi connectivity index (χ4n) is 10.2. The van der Waals surface area contributed by atoms with E-state index in [1.165, 1.54) is 93.9 Å². The van der Waals surface area contributed by atoms with Crippen LogP contribution in [-0.4, -0.2) is 0 Å². The van der Waals surface area contributed by atoms with E-state index >= 15 is 0 Å². The highest BCUT2D eigenvalue weighted by Crippen LogP contribution is 2.48. The first-order valence-electron chi connectivity index (χ1n) is 23.7. The molecule has 0 aliphatic heterocycles. The molecule has 0 aliphatic rings. The lowest BCUT2D eigenvalue weighted by atomic mass is 9.85. The lowest BCUT2D eigenvalue weighted by Crippen LogP contribution is -2.10. The van der Waals surface area contributed by atoms with Gasteiger partial charge in [0.15, 0.2) is 0 Å². The van der Waals surface area contributed by atoms with Crippen molar-refractivity contribution in [2.24, 2.45) is 0 Å². The highest BCUT2D eigenvalue weighted by atomic mass is 15.1. The van der Waals surface area contributed by atoms with Crippen molar-refractivity contribution < 1.29 is 0 Å². The molecular weight excluding hydrogens is 831 g/mol. The summed E-state index contributed by atoms with van der Waals surface area (Å²) >= 11 is 0. The fraction of sp³-hybridized carbons (Fsp3) is 0. The van der Waals surface area contributed by atoms with Gasteiger partial charge in [0.05, 0.1) is 0 Å². The quantitative estimate of drug-likeness (QED) is 0.124. The Balaban J connectivity index is 1.03. The summed E-state index contributed by atoms with van der Waals surface area (Å²) < 4.78 is 0. The zero-order chi connectivity index (χ0) is 45.9. The second-order valence-corrected chi connectivity index (χ2v) is 17.6. The van der Waals surface area contributed by atoms with E-state index in [0.29, 0.717) is 0 Å². The van der Waals surface area contributed by atoms with E-state index in [1.54, 1.807) is 0 Å². The first-order valence-corrected chi connectivity index (χ1v) is 23.7. The molecule has 0 N–H and O–H groups in total. The summed E-state index contributed by atoms with van der Waals surface area (Å²) in [6.45, 7) is 0. The molecule has 12 aromatic carbocycles. The van der Waals surface area contributed by atoms with Gasteiger partial charge >= 0.3 is 0 Å². The Morgan fingerprint density at radius 1 is 0.174 bits per heavy atom. The summed E-state index contributed by atoms with van der Waals surface area (Å²) in [4.78, 5) is 2.41. The molecule has 0 fully saturated rings. The van der Waals surface area contributed by atoms with E-state index in [-0.39, 0.29) is 0 Å². The van der Waals surface area contributed by atoms with Gasteiger partial charge in [-0.25, -0.2) is 0 Å². The van der Waals surface area contributed by atoms with Gasteiger partial charge in [-0.3, -0.25) is 0 Å².